The van der Waals surface area contributed by atoms with E-state index in [1.807, 2.05) is 25.1 Å². The zero-order valence-electron chi connectivity index (χ0n) is 12.4. The van der Waals surface area contributed by atoms with Gasteiger partial charge in [-0.25, -0.2) is 4.98 Å². The third-order valence-corrected chi connectivity index (χ3v) is 5.08. The number of aromatic nitrogens is 1. The standard InChI is InChI=1S/C18H17NOS/c1-11-13(3)21-18-16(11)17(14-7-5-4-6-8-14)15(9-10-20)12(2)19-18/h4-8,10H,9H2,1-3H3. The van der Waals surface area contributed by atoms with Crippen molar-refractivity contribution in [2.24, 2.45) is 0 Å². The molecule has 0 saturated carbocycles. The van der Waals surface area contributed by atoms with E-state index in [0.29, 0.717) is 6.42 Å². The number of hydrogen-bond acceptors (Lipinski definition) is 3. The van der Waals surface area contributed by atoms with Crippen LogP contribution in [0.25, 0.3) is 21.3 Å². The fourth-order valence-corrected chi connectivity index (χ4v) is 3.88. The van der Waals surface area contributed by atoms with Gasteiger partial charge in [-0.1, -0.05) is 30.3 Å². The molecule has 2 nitrogen and oxygen atoms in total. The Labute approximate surface area is 128 Å². The molecule has 0 unspecified atom stereocenters. The van der Waals surface area contributed by atoms with Gasteiger partial charge in [-0.3, -0.25) is 0 Å². The van der Waals surface area contributed by atoms with Crippen LogP contribution in [-0.4, -0.2) is 11.3 Å². The summed E-state index contributed by atoms with van der Waals surface area (Å²) < 4.78 is 0. The number of carbonyl (C=O) groups is 1. The number of thiophene rings is 1. The molecule has 0 N–H and O–H groups in total. The third kappa shape index (κ3) is 2.28. The molecule has 0 aliphatic rings. The van der Waals surface area contributed by atoms with Gasteiger partial charge in [0.15, 0.2) is 0 Å². The van der Waals surface area contributed by atoms with Crippen molar-refractivity contribution in [2.75, 3.05) is 0 Å². The highest BCUT2D eigenvalue weighted by molar-refractivity contribution is 7.18. The van der Waals surface area contributed by atoms with Gasteiger partial charge in [-0.2, -0.15) is 0 Å². The SMILES string of the molecule is Cc1nc2sc(C)c(C)c2c(-c2ccccc2)c1CC=O. The second kappa shape index (κ2) is 5.41. The summed E-state index contributed by atoms with van der Waals surface area (Å²) in [6.07, 6.45) is 1.38. The number of benzene rings is 1. The Morgan fingerprint density at radius 3 is 2.52 bits per heavy atom. The number of aldehydes is 1. The van der Waals surface area contributed by atoms with Crippen LogP contribution in [0.3, 0.4) is 0 Å². The minimum Gasteiger partial charge on any atom is -0.303 e. The monoisotopic (exact) mass is 295 g/mol. The predicted molar refractivity (Wildman–Crippen MR) is 89.0 cm³/mol. The smallest absolute Gasteiger partial charge is 0.124 e. The summed E-state index contributed by atoms with van der Waals surface area (Å²) in [5.41, 5.74) is 5.60. The first-order chi connectivity index (χ1) is 10.1. The van der Waals surface area contributed by atoms with Crippen molar-refractivity contribution in [3.8, 4) is 11.1 Å². The van der Waals surface area contributed by atoms with Gasteiger partial charge in [0, 0.05) is 22.4 Å². The van der Waals surface area contributed by atoms with Gasteiger partial charge in [0.2, 0.25) is 0 Å². The van der Waals surface area contributed by atoms with Gasteiger partial charge >= 0.3 is 0 Å². The molecular formula is C18H17NOS. The van der Waals surface area contributed by atoms with E-state index in [1.165, 1.54) is 21.4 Å². The topological polar surface area (TPSA) is 30.0 Å². The zero-order valence-corrected chi connectivity index (χ0v) is 13.3. The van der Waals surface area contributed by atoms with E-state index >= 15 is 0 Å². The highest BCUT2D eigenvalue weighted by atomic mass is 32.1. The number of pyridine rings is 1. The average Bonchev–Trinajstić information content (AvgIpc) is 2.76. The lowest BCUT2D eigenvalue weighted by Crippen LogP contribution is -1.99. The van der Waals surface area contributed by atoms with E-state index < -0.39 is 0 Å². The molecule has 2 aromatic heterocycles. The minimum absolute atomic E-state index is 0.410. The summed E-state index contributed by atoms with van der Waals surface area (Å²) in [5, 5.41) is 1.20. The van der Waals surface area contributed by atoms with Gasteiger partial charge < -0.3 is 4.79 Å². The van der Waals surface area contributed by atoms with Crippen LogP contribution in [0.5, 0.6) is 0 Å². The molecule has 3 heteroatoms. The molecule has 3 aromatic rings. The first-order valence-corrected chi connectivity index (χ1v) is 7.83. The number of aryl methyl sites for hydroxylation is 3. The second-order valence-corrected chi connectivity index (χ2v) is 6.45. The van der Waals surface area contributed by atoms with Crippen molar-refractivity contribution in [2.45, 2.75) is 27.2 Å². The lowest BCUT2D eigenvalue weighted by molar-refractivity contribution is -0.107. The first-order valence-electron chi connectivity index (χ1n) is 7.01. The van der Waals surface area contributed by atoms with E-state index in [9.17, 15) is 4.79 Å². The molecular weight excluding hydrogens is 278 g/mol. The van der Waals surface area contributed by atoms with E-state index in [0.717, 1.165) is 27.9 Å². The summed E-state index contributed by atoms with van der Waals surface area (Å²) >= 11 is 1.73. The van der Waals surface area contributed by atoms with Gasteiger partial charge in [-0.15, -0.1) is 11.3 Å². The van der Waals surface area contributed by atoms with Crippen LogP contribution in [0, 0.1) is 20.8 Å². The zero-order chi connectivity index (χ0) is 15.0. The molecule has 0 aliphatic heterocycles. The van der Waals surface area contributed by atoms with Crippen molar-refractivity contribution in [1.29, 1.82) is 0 Å². The molecule has 0 bridgehead atoms. The quantitative estimate of drug-likeness (QED) is 0.659. The largest absolute Gasteiger partial charge is 0.303 e. The van der Waals surface area contributed by atoms with Gasteiger partial charge in [0.1, 0.15) is 11.1 Å². The van der Waals surface area contributed by atoms with E-state index in [-0.39, 0.29) is 0 Å². The van der Waals surface area contributed by atoms with E-state index in [4.69, 9.17) is 4.98 Å². The maximum absolute atomic E-state index is 11.1. The van der Waals surface area contributed by atoms with Crippen LogP contribution in [0.1, 0.15) is 21.7 Å². The Morgan fingerprint density at radius 2 is 1.86 bits per heavy atom. The molecule has 3 rings (SSSR count). The Bertz CT molecular complexity index is 818. The maximum atomic E-state index is 11.1. The summed E-state index contributed by atoms with van der Waals surface area (Å²) in [5.74, 6) is 0. The Hall–Kier alpha value is -2.00. The van der Waals surface area contributed by atoms with Gasteiger partial charge in [-0.05, 0) is 43.0 Å². The molecule has 0 amide bonds. The summed E-state index contributed by atoms with van der Waals surface area (Å²) in [7, 11) is 0. The van der Waals surface area contributed by atoms with E-state index in [1.54, 1.807) is 11.3 Å². The number of fused-ring (bicyclic) bond motifs is 1. The van der Waals surface area contributed by atoms with Crippen molar-refractivity contribution in [1.82, 2.24) is 4.98 Å². The predicted octanol–water partition coefficient (Wildman–Crippen LogP) is 4.63. The normalized spacial score (nSPS) is 11.0. The van der Waals surface area contributed by atoms with Crippen LogP contribution in [0.4, 0.5) is 0 Å². The Balaban J connectivity index is 2.47. The van der Waals surface area contributed by atoms with Crippen molar-refractivity contribution in [3.63, 3.8) is 0 Å². The molecule has 21 heavy (non-hydrogen) atoms. The van der Waals surface area contributed by atoms with Crippen molar-refractivity contribution >= 4 is 27.8 Å². The molecule has 2 heterocycles. The van der Waals surface area contributed by atoms with Crippen molar-refractivity contribution in [3.05, 3.63) is 52.0 Å². The lowest BCUT2D eigenvalue weighted by Gasteiger charge is -2.13. The molecule has 1 aromatic carbocycles. The molecule has 0 aliphatic carbocycles. The second-order valence-electron chi connectivity index (χ2n) is 5.25. The number of nitrogens with zero attached hydrogens (tertiary/aromatic N) is 1. The number of rotatable bonds is 3. The van der Waals surface area contributed by atoms with Crippen LogP contribution in [0.15, 0.2) is 30.3 Å². The molecule has 0 radical (unpaired) electrons. The van der Waals surface area contributed by atoms with Crippen LogP contribution < -0.4 is 0 Å². The Morgan fingerprint density at radius 1 is 1.14 bits per heavy atom. The highest BCUT2D eigenvalue weighted by Gasteiger charge is 2.18. The van der Waals surface area contributed by atoms with Crippen LogP contribution in [-0.2, 0) is 11.2 Å². The van der Waals surface area contributed by atoms with Crippen LogP contribution in [0.2, 0.25) is 0 Å². The third-order valence-electron chi connectivity index (χ3n) is 3.97. The average molecular weight is 295 g/mol. The first kappa shape index (κ1) is 14.0. The molecule has 0 fully saturated rings. The highest BCUT2D eigenvalue weighted by Crippen LogP contribution is 2.39. The van der Waals surface area contributed by atoms with Gasteiger partial charge in [0.25, 0.3) is 0 Å². The summed E-state index contributed by atoms with van der Waals surface area (Å²) in [6.45, 7) is 6.27. The molecule has 106 valence electrons. The Kier molecular flexibility index (Phi) is 3.60. The van der Waals surface area contributed by atoms with Gasteiger partial charge in [0.05, 0.1) is 0 Å². The summed E-state index contributed by atoms with van der Waals surface area (Å²) in [6, 6.07) is 10.3. The molecule has 0 spiro atoms. The summed E-state index contributed by atoms with van der Waals surface area (Å²) in [4.78, 5) is 18.2. The van der Waals surface area contributed by atoms with E-state index in [2.05, 4.69) is 26.0 Å². The number of hydrogen-bond donors (Lipinski definition) is 0. The fraction of sp³-hybridized carbons (Fsp3) is 0.222. The number of carbonyl (C=O) groups excluding carboxylic acids is 1. The lowest BCUT2D eigenvalue weighted by atomic mass is 9.93. The van der Waals surface area contributed by atoms with Crippen LogP contribution >= 0.6 is 11.3 Å². The molecule has 0 atom stereocenters. The molecule has 0 saturated heterocycles. The fourth-order valence-electron chi connectivity index (χ4n) is 2.79. The minimum atomic E-state index is 0.410. The van der Waals surface area contributed by atoms with Crippen molar-refractivity contribution < 1.29 is 4.79 Å². The maximum Gasteiger partial charge on any atom is 0.124 e.